The number of hydrogen-bond acceptors (Lipinski definition) is 4. The molecule has 5 heteroatoms. The van der Waals surface area contributed by atoms with Gasteiger partial charge in [-0.1, -0.05) is 30.3 Å². The van der Waals surface area contributed by atoms with E-state index >= 15 is 0 Å². The molecule has 0 atom stereocenters. The molecule has 3 aromatic rings. The second kappa shape index (κ2) is 8.62. The highest BCUT2D eigenvalue weighted by atomic mass is 16.3. The second-order valence-electron chi connectivity index (χ2n) is 7.90. The molecule has 1 heterocycles. The number of nitrogens with one attached hydrogen (secondary N) is 2. The fourth-order valence-corrected chi connectivity index (χ4v) is 3.96. The zero-order valence-electron chi connectivity index (χ0n) is 16.7. The van der Waals surface area contributed by atoms with Crippen LogP contribution < -0.4 is 10.6 Å². The lowest BCUT2D eigenvalue weighted by Gasteiger charge is -2.26. The number of nitrogens with zero attached hydrogens (tertiary/aromatic N) is 1. The predicted octanol–water partition coefficient (Wildman–Crippen LogP) is 4.19. The van der Waals surface area contributed by atoms with Crippen molar-refractivity contribution in [1.82, 2.24) is 10.3 Å². The van der Waals surface area contributed by atoms with Crippen LogP contribution in [-0.4, -0.2) is 28.1 Å². The highest BCUT2D eigenvalue weighted by molar-refractivity contribution is 6.00. The first-order valence-corrected chi connectivity index (χ1v) is 10.3. The van der Waals surface area contributed by atoms with Crippen LogP contribution in [0.2, 0.25) is 0 Å². The Kier molecular flexibility index (Phi) is 5.76. The average Bonchev–Trinajstić information content (AvgIpc) is 2.74. The van der Waals surface area contributed by atoms with Crippen molar-refractivity contribution in [2.45, 2.75) is 51.3 Å². The normalized spacial score (nSPS) is 19.1. The van der Waals surface area contributed by atoms with E-state index in [2.05, 4.69) is 15.6 Å². The molecule has 1 saturated carbocycles. The van der Waals surface area contributed by atoms with E-state index in [1.54, 1.807) is 0 Å². The van der Waals surface area contributed by atoms with Gasteiger partial charge in [-0.05, 0) is 67.3 Å². The van der Waals surface area contributed by atoms with Crippen LogP contribution >= 0.6 is 0 Å². The number of aliphatic hydroxyl groups excluding tert-OH is 1. The number of aliphatic hydroxyl groups is 1. The molecule has 5 nitrogen and oxygen atoms in total. The van der Waals surface area contributed by atoms with E-state index in [9.17, 15) is 9.90 Å². The van der Waals surface area contributed by atoms with Crippen molar-refractivity contribution in [2.24, 2.45) is 0 Å². The number of benzene rings is 2. The molecule has 1 amide bonds. The number of carbonyl (C=O) groups excluding carboxylic acids is 1. The largest absolute Gasteiger partial charge is 0.393 e. The number of anilines is 1. The Morgan fingerprint density at radius 2 is 1.86 bits per heavy atom. The van der Waals surface area contributed by atoms with E-state index < -0.39 is 0 Å². The molecule has 29 heavy (non-hydrogen) atoms. The fourth-order valence-electron chi connectivity index (χ4n) is 3.96. The Balaban J connectivity index is 1.50. The molecule has 0 radical (unpaired) electrons. The van der Waals surface area contributed by atoms with Crippen molar-refractivity contribution in [2.75, 3.05) is 5.32 Å². The zero-order chi connectivity index (χ0) is 20.2. The van der Waals surface area contributed by atoms with Crippen molar-refractivity contribution in [1.29, 1.82) is 0 Å². The van der Waals surface area contributed by atoms with Gasteiger partial charge in [0, 0.05) is 29.7 Å². The zero-order valence-corrected chi connectivity index (χ0v) is 16.7. The lowest BCUT2D eigenvalue weighted by atomic mass is 9.93. The lowest BCUT2D eigenvalue weighted by molar-refractivity contribution is 0.0951. The van der Waals surface area contributed by atoms with Crippen LogP contribution in [0.1, 0.15) is 47.2 Å². The van der Waals surface area contributed by atoms with Gasteiger partial charge in [-0.25, -0.2) is 4.98 Å². The second-order valence-corrected chi connectivity index (χ2v) is 7.90. The Bertz CT molecular complexity index is 996. The van der Waals surface area contributed by atoms with Gasteiger partial charge in [-0.15, -0.1) is 0 Å². The Labute approximate surface area is 171 Å². The maximum Gasteiger partial charge on any atom is 0.251 e. The van der Waals surface area contributed by atoms with Crippen LogP contribution in [0.3, 0.4) is 0 Å². The average molecular weight is 389 g/mol. The molecule has 150 valence electrons. The van der Waals surface area contributed by atoms with Crippen molar-refractivity contribution >= 4 is 22.5 Å². The van der Waals surface area contributed by atoms with Crippen LogP contribution in [0.5, 0.6) is 0 Å². The maximum absolute atomic E-state index is 12.7. The molecular formula is C24H27N3O2. The van der Waals surface area contributed by atoms with E-state index in [4.69, 9.17) is 0 Å². The van der Waals surface area contributed by atoms with Crippen LogP contribution in [0.4, 0.5) is 5.82 Å². The van der Waals surface area contributed by atoms with E-state index in [-0.39, 0.29) is 12.0 Å². The van der Waals surface area contributed by atoms with Gasteiger partial charge in [-0.2, -0.15) is 0 Å². The summed E-state index contributed by atoms with van der Waals surface area (Å²) in [7, 11) is 0. The number of pyridine rings is 1. The van der Waals surface area contributed by atoms with Gasteiger partial charge in [0.1, 0.15) is 5.82 Å². The first-order valence-electron chi connectivity index (χ1n) is 10.3. The number of rotatable bonds is 5. The standard InChI is InChI=1S/C24H27N3O2/c1-16-11-19(24(29)26-14-17-5-3-2-4-6-17)12-18-13-23(25-15-22(16)18)27-20-7-9-21(28)10-8-20/h2-6,11-13,15,20-21,28H,7-10,14H2,1H3,(H,25,27)(H,26,29)/t20-,21-. The molecule has 1 fully saturated rings. The molecule has 4 rings (SSSR count). The molecule has 0 saturated heterocycles. The molecule has 0 bridgehead atoms. The third-order valence-electron chi connectivity index (χ3n) is 5.65. The van der Waals surface area contributed by atoms with Gasteiger partial charge in [-0.3, -0.25) is 4.79 Å². The van der Waals surface area contributed by atoms with Crippen molar-refractivity contribution in [3.63, 3.8) is 0 Å². The van der Waals surface area contributed by atoms with Gasteiger partial charge in [0.05, 0.1) is 6.10 Å². The summed E-state index contributed by atoms with van der Waals surface area (Å²) in [5.41, 5.74) is 2.77. The van der Waals surface area contributed by atoms with Gasteiger partial charge in [0.15, 0.2) is 0 Å². The van der Waals surface area contributed by atoms with Gasteiger partial charge in [0.2, 0.25) is 0 Å². The topological polar surface area (TPSA) is 74.2 Å². The van der Waals surface area contributed by atoms with Gasteiger partial charge in [0.25, 0.3) is 5.91 Å². The minimum Gasteiger partial charge on any atom is -0.393 e. The minimum absolute atomic E-state index is 0.0774. The molecule has 1 aromatic heterocycles. The smallest absolute Gasteiger partial charge is 0.251 e. The fraction of sp³-hybridized carbons (Fsp3) is 0.333. The van der Waals surface area contributed by atoms with E-state index in [0.29, 0.717) is 18.2 Å². The number of fused-ring (bicyclic) bond motifs is 1. The highest BCUT2D eigenvalue weighted by Gasteiger charge is 2.19. The summed E-state index contributed by atoms with van der Waals surface area (Å²) in [6.45, 7) is 2.51. The Morgan fingerprint density at radius 1 is 1.10 bits per heavy atom. The maximum atomic E-state index is 12.7. The molecular weight excluding hydrogens is 362 g/mol. The third kappa shape index (κ3) is 4.74. The number of carbonyl (C=O) groups is 1. The first kappa shape index (κ1) is 19.4. The highest BCUT2D eigenvalue weighted by Crippen LogP contribution is 2.25. The summed E-state index contributed by atoms with van der Waals surface area (Å²) >= 11 is 0. The third-order valence-corrected chi connectivity index (χ3v) is 5.65. The summed E-state index contributed by atoms with van der Waals surface area (Å²) in [6.07, 6.45) is 5.25. The molecule has 0 spiro atoms. The van der Waals surface area contributed by atoms with Crippen LogP contribution in [0.15, 0.2) is 54.7 Å². The summed E-state index contributed by atoms with van der Waals surface area (Å²) in [6, 6.07) is 16.1. The van der Waals surface area contributed by atoms with Crippen molar-refractivity contribution in [3.05, 3.63) is 71.4 Å². The Hall–Kier alpha value is -2.92. The van der Waals surface area contributed by atoms with Crippen molar-refractivity contribution in [3.8, 4) is 0 Å². The van der Waals surface area contributed by atoms with E-state index in [1.165, 1.54) is 0 Å². The number of aryl methyl sites for hydroxylation is 1. The lowest BCUT2D eigenvalue weighted by Crippen LogP contribution is -2.28. The van der Waals surface area contributed by atoms with E-state index in [0.717, 1.165) is 53.4 Å². The molecule has 3 N–H and O–H groups in total. The van der Waals surface area contributed by atoms with Gasteiger partial charge < -0.3 is 15.7 Å². The molecule has 1 aliphatic rings. The SMILES string of the molecule is Cc1cc(C(=O)NCc2ccccc2)cc2cc(N[C@H]3CC[C@H](O)CC3)ncc12. The molecule has 1 aliphatic carbocycles. The molecule has 0 unspecified atom stereocenters. The Morgan fingerprint density at radius 3 is 2.62 bits per heavy atom. The predicted molar refractivity (Wildman–Crippen MR) is 116 cm³/mol. The monoisotopic (exact) mass is 389 g/mol. The summed E-state index contributed by atoms with van der Waals surface area (Å²) < 4.78 is 0. The number of hydrogen-bond donors (Lipinski definition) is 3. The van der Waals surface area contributed by atoms with Crippen LogP contribution in [0.25, 0.3) is 10.8 Å². The summed E-state index contributed by atoms with van der Waals surface area (Å²) in [4.78, 5) is 17.2. The molecule has 0 aliphatic heterocycles. The van der Waals surface area contributed by atoms with Crippen LogP contribution in [-0.2, 0) is 6.54 Å². The quantitative estimate of drug-likeness (QED) is 0.612. The summed E-state index contributed by atoms with van der Waals surface area (Å²) in [5, 5.41) is 18.2. The van der Waals surface area contributed by atoms with E-state index in [1.807, 2.05) is 61.7 Å². The van der Waals surface area contributed by atoms with Gasteiger partial charge >= 0.3 is 0 Å². The molecule has 2 aromatic carbocycles. The first-order chi connectivity index (χ1) is 14.1. The minimum atomic E-state index is -0.169. The number of aromatic nitrogens is 1. The van der Waals surface area contributed by atoms with Crippen molar-refractivity contribution < 1.29 is 9.90 Å². The number of amides is 1. The summed E-state index contributed by atoms with van der Waals surface area (Å²) in [5.74, 6) is 0.742. The van der Waals surface area contributed by atoms with Crippen LogP contribution in [0, 0.1) is 6.92 Å².